The highest BCUT2D eigenvalue weighted by Gasteiger charge is 2.20. The van der Waals surface area contributed by atoms with Crippen LogP contribution in [0.1, 0.15) is 24.0 Å². The monoisotopic (exact) mass is 404 g/mol. The second-order valence-corrected chi connectivity index (χ2v) is 8.97. The molecule has 5 nitrogen and oxygen atoms in total. The van der Waals surface area contributed by atoms with E-state index in [-0.39, 0.29) is 12.1 Å². The molecule has 3 heterocycles. The maximum absolute atomic E-state index is 12.6. The van der Waals surface area contributed by atoms with Crippen LogP contribution in [0, 0.1) is 0 Å². The number of rotatable bonds is 3. The first-order valence-corrected chi connectivity index (χ1v) is 10.9. The lowest BCUT2D eigenvalue weighted by molar-refractivity contribution is 0.221. The van der Waals surface area contributed by atoms with Crippen molar-refractivity contribution in [1.29, 1.82) is 0 Å². The maximum atomic E-state index is 12.6. The third kappa shape index (κ3) is 3.78. The Balaban J connectivity index is 1.40. The van der Waals surface area contributed by atoms with Crippen LogP contribution in [0.4, 0.5) is 10.5 Å². The van der Waals surface area contributed by atoms with Gasteiger partial charge in [0.1, 0.15) is 0 Å². The lowest BCUT2D eigenvalue weighted by Gasteiger charge is -2.29. The average molecular weight is 405 g/mol. The highest BCUT2D eigenvalue weighted by molar-refractivity contribution is 7.22. The summed E-state index contributed by atoms with van der Waals surface area (Å²) in [5.41, 5.74) is 4.30. The average Bonchev–Trinajstić information content (AvgIpc) is 3.35. The van der Waals surface area contributed by atoms with Crippen molar-refractivity contribution in [3.63, 3.8) is 0 Å². The minimum absolute atomic E-state index is 0.128. The fourth-order valence-corrected chi connectivity index (χ4v) is 5.24. The summed E-state index contributed by atoms with van der Waals surface area (Å²) in [4.78, 5) is 20.6. The van der Waals surface area contributed by atoms with Crippen molar-refractivity contribution in [1.82, 2.24) is 10.2 Å². The van der Waals surface area contributed by atoms with E-state index < -0.39 is 0 Å². The molecule has 2 aliphatic heterocycles. The van der Waals surface area contributed by atoms with Crippen LogP contribution in [0.2, 0.25) is 0 Å². The van der Waals surface area contributed by atoms with E-state index in [1.807, 2.05) is 12.3 Å². The number of fused-ring (bicyclic) bond motifs is 2. The van der Waals surface area contributed by atoms with Crippen molar-refractivity contribution in [3.8, 4) is 10.4 Å². The molecule has 2 amide bonds. The number of carbonyl (C=O) groups is 1. The number of hydrogen-bond acceptors (Lipinski definition) is 4. The fourth-order valence-electron chi connectivity index (χ4n) is 4.13. The van der Waals surface area contributed by atoms with Gasteiger partial charge in [0, 0.05) is 33.1 Å². The van der Waals surface area contributed by atoms with Gasteiger partial charge in [-0.1, -0.05) is 18.2 Å². The van der Waals surface area contributed by atoms with Gasteiger partial charge in [0.15, 0.2) is 0 Å². The summed E-state index contributed by atoms with van der Waals surface area (Å²) in [6, 6.07) is 14.9. The Kier molecular flexibility index (Phi) is 4.81. The predicted molar refractivity (Wildman–Crippen MR) is 121 cm³/mol. The van der Waals surface area contributed by atoms with Gasteiger partial charge in [-0.05, 0) is 73.8 Å². The Hall–Kier alpha value is -2.70. The van der Waals surface area contributed by atoms with Crippen molar-refractivity contribution in [2.45, 2.75) is 25.4 Å². The molecule has 0 saturated carbocycles. The molecule has 0 aliphatic carbocycles. The molecular formula is C23H24N4OS. The summed E-state index contributed by atoms with van der Waals surface area (Å²) in [6.45, 7) is 2.74. The van der Waals surface area contributed by atoms with Gasteiger partial charge in [-0.2, -0.15) is 0 Å². The van der Waals surface area contributed by atoms with Crippen molar-refractivity contribution in [2.24, 2.45) is 4.99 Å². The molecule has 3 aromatic rings. The Morgan fingerprint density at radius 3 is 2.83 bits per heavy atom. The van der Waals surface area contributed by atoms with Crippen LogP contribution < -0.4 is 10.6 Å². The van der Waals surface area contributed by atoms with Crippen molar-refractivity contribution < 1.29 is 4.79 Å². The molecule has 0 bridgehead atoms. The number of piperidine rings is 1. The van der Waals surface area contributed by atoms with Crippen LogP contribution in [0.5, 0.6) is 0 Å². The molecule has 0 unspecified atom stereocenters. The van der Waals surface area contributed by atoms with E-state index in [1.165, 1.54) is 20.5 Å². The molecule has 148 valence electrons. The van der Waals surface area contributed by atoms with E-state index in [2.05, 4.69) is 64.0 Å². The van der Waals surface area contributed by atoms with Crippen LogP contribution in [-0.4, -0.2) is 43.3 Å². The summed E-state index contributed by atoms with van der Waals surface area (Å²) >= 11 is 1.78. The Morgan fingerprint density at radius 2 is 2.00 bits per heavy atom. The SMILES string of the molecule is CN1CCC(NC(=O)Nc2cc3c(c(-c4cc5ccccc5s4)c2)CN=C3)CC1. The van der Waals surface area contributed by atoms with Crippen LogP contribution in [0.15, 0.2) is 47.5 Å². The minimum atomic E-state index is -0.128. The van der Waals surface area contributed by atoms with Crippen LogP contribution >= 0.6 is 11.3 Å². The molecule has 1 aromatic heterocycles. The van der Waals surface area contributed by atoms with E-state index >= 15 is 0 Å². The van der Waals surface area contributed by atoms with Gasteiger partial charge in [-0.25, -0.2) is 4.79 Å². The molecule has 1 saturated heterocycles. The van der Waals surface area contributed by atoms with Gasteiger partial charge in [0.05, 0.1) is 6.54 Å². The number of carbonyl (C=O) groups excluding carboxylic acids is 1. The first-order chi connectivity index (χ1) is 14.2. The molecule has 6 heteroatoms. The third-order valence-corrected chi connectivity index (χ3v) is 6.92. The lowest BCUT2D eigenvalue weighted by atomic mass is 10.0. The molecule has 2 N–H and O–H groups in total. The Labute approximate surface area is 174 Å². The summed E-state index contributed by atoms with van der Waals surface area (Å²) in [6.07, 6.45) is 3.90. The number of aliphatic imine (C=N–C) groups is 1. The second kappa shape index (κ2) is 7.61. The highest BCUT2D eigenvalue weighted by Crippen LogP contribution is 2.39. The normalized spacial score (nSPS) is 16.9. The number of nitrogens with zero attached hydrogens (tertiary/aromatic N) is 2. The molecule has 0 spiro atoms. The standard InChI is InChI=1S/C23H24N4OS/c1-27-8-6-17(7-9-27)25-23(28)26-18-10-16-13-24-14-20(16)19(12-18)22-11-15-4-2-3-5-21(15)29-22/h2-5,10-13,17H,6-9,14H2,1H3,(H2,25,26,28). The number of amides is 2. The van der Waals surface area contributed by atoms with Crippen LogP contribution in [-0.2, 0) is 6.54 Å². The van der Waals surface area contributed by atoms with Crippen LogP contribution in [0.25, 0.3) is 20.5 Å². The van der Waals surface area contributed by atoms with Crippen molar-refractivity contribution in [3.05, 3.63) is 53.6 Å². The molecule has 2 aromatic carbocycles. The first-order valence-electron chi connectivity index (χ1n) is 10.1. The van der Waals surface area contributed by atoms with Gasteiger partial charge >= 0.3 is 6.03 Å². The van der Waals surface area contributed by atoms with E-state index in [0.717, 1.165) is 42.7 Å². The van der Waals surface area contributed by atoms with Gasteiger partial charge in [0.25, 0.3) is 0 Å². The zero-order valence-corrected chi connectivity index (χ0v) is 17.3. The molecular weight excluding hydrogens is 380 g/mol. The van der Waals surface area contributed by atoms with Gasteiger partial charge in [0.2, 0.25) is 0 Å². The van der Waals surface area contributed by atoms with Crippen molar-refractivity contribution >= 4 is 39.4 Å². The summed E-state index contributed by atoms with van der Waals surface area (Å²) in [5.74, 6) is 0. The molecule has 29 heavy (non-hydrogen) atoms. The maximum Gasteiger partial charge on any atom is 0.319 e. The molecule has 2 aliphatic rings. The van der Waals surface area contributed by atoms with Crippen LogP contribution in [0.3, 0.4) is 0 Å². The topological polar surface area (TPSA) is 56.7 Å². The van der Waals surface area contributed by atoms with Crippen molar-refractivity contribution in [2.75, 3.05) is 25.5 Å². The van der Waals surface area contributed by atoms with Gasteiger partial charge in [-0.15, -0.1) is 11.3 Å². The number of anilines is 1. The highest BCUT2D eigenvalue weighted by atomic mass is 32.1. The number of nitrogens with one attached hydrogen (secondary N) is 2. The molecule has 0 atom stereocenters. The smallest absolute Gasteiger partial charge is 0.319 e. The summed E-state index contributed by atoms with van der Waals surface area (Å²) in [5, 5.41) is 7.43. The number of thiophene rings is 1. The second-order valence-electron chi connectivity index (χ2n) is 7.89. The molecule has 5 rings (SSSR count). The third-order valence-electron chi connectivity index (χ3n) is 5.77. The number of benzene rings is 2. The van der Waals surface area contributed by atoms with E-state index in [9.17, 15) is 4.79 Å². The van der Waals surface area contributed by atoms with E-state index in [0.29, 0.717) is 6.54 Å². The van der Waals surface area contributed by atoms with Gasteiger partial charge < -0.3 is 15.5 Å². The number of likely N-dealkylation sites (tertiary alicyclic amines) is 1. The fraction of sp³-hybridized carbons (Fsp3) is 0.304. The molecule has 0 radical (unpaired) electrons. The Morgan fingerprint density at radius 1 is 1.17 bits per heavy atom. The summed E-state index contributed by atoms with van der Waals surface area (Å²) in [7, 11) is 2.12. The largest absolute Gasteiger partial charge is 0.335 e. The number of urea groups is 1. The predicted octanol–water partition coefficient (Wildman–Crippen LogP) is 4.72. The van der Waals surface area contributed by atoms with Gasteiger partial charge in [-0.3, -0.25) is 4.99 Å². The van der Waals surface area contributed by atoms with E-state index in [4.69, 9.17) is 0 Å². The summed E-state index contributed by atoms with van der Waals surface area (Å²) < 4.78 is 1.27. The Bertz CT molecular complexity index is 1060. The van der Waals surface area contributed by atoms with E-state index in [1.54, 1.807) is 11.3 Å². The quantitative estimate of drug-likeness (QED) is 0.664. The number of hydrogen-bond donors (Lipinski definition) is 2. The minimum Gasteiger partial charge on any atom is -0.335 e. The zero-order chi connectivity index (χ0) is 19.8. The lowest BCUT2D eigenvalue weighted by Crippen LogP contribution is -2.44. The zero-order valence-electron chi connectivity index (χ0n) is 16.4. The first kappa shape index (κ1) is 18.3. The molecule has 1 fully saturated rings.